The van der Waals surface area contributed by atoms with E-state index >= 15 is 0 Å². The van der Waals surface area contributed by atoms with Crippen LogP contribution in [0, 0.1) is 27.7 Å². The molecule has 5 aromatic rings. The number of imidazole rings is 1. The normalized spacial score (nSPS) is 12.3. The highest BCUT2D eigenvalue weighted by Gasteiger charge is 2.34. The molecule has 1 aliphatic rings. The van der Waals surface area contributed by atoms with E-state index in [0.717, 1.165) is 12.1 Å². The first-order valence-corrected chi connectivity index (χ1v) is 11.6. The maximum atomic E-state index is 4.90. The SMILES string of the molecule is Cc1ccc2c(n1)Cc1c-2ccc2c1[n+](-c1c(C)cccc1C)c(-c1ccccc1C)n2C. The Bertz CT molecular complexity index is 1570. The first-order valence-electron chi connectivity index (χ1n) is 11.6. The summed E-state index contributed by atoms with van der Waals surface area (Å²) < 4.78 is 4.88. The zero-order valence-electron chi connectivity index (χ0n) is 19.9. The average Bonchev–Trinajstić information content (AvgIpc) is 3.29. The summed E-state index contributed by atoms with van der Waals surface area (Å²) in [4.78, 5) is 4.90. The first-order chi connectivity index (χ1) is 16.0. The lowest BCUT2D eigenvalue weighted by molar-refractivity contribution is -0.557. The van der Waals surface area contributed by atoms with E-state index in [1.165, 1.54) is 67.2 Å². The van der Waals surface area contributed by atoms with Gasteiger partial charge in [0.15, 0.2) is 11.0 Å². The van der Waals surface area contributed by atoms with E-state index in [-0.39, 0.29) is 0 Å². The molecule has 33 heavy (non-hydrogen) atoms. The van der Waals surface area contributed by atoms with Crippen molar-refractivity contribution in [1.82, 2.24) is 9.55 Å². The fraction of sp³-hybridized carbons (Fsp3) is 0.200. The molecule has 2 heterocycles. The van der Waals surface area contributed by atoms with E-state index in [0.29, 0.717) is 0 Å². The summed E-state index contributed by atoms with van der Waals surface area (Å²) in [5.74, 6) is 1.22. The van der Waals surface area contributed by atoms with Crippen molar-refractivity contribution in [2.75, 3.05) is 0 Å². The van der Waals surface area contributed by atoms with Crippen molar-refractivity contribution in [1.29, 1.82) is 0 Å². The van der Waals surface area contributed by atoms with Gasteiger partial charge in [0.2, 0.25) is 0 Å². The van der Waals surface area contributed by atoms with Crippen LogP contribution in [0.3, 0.4) is 0 Å². The van der Waals surface area contributed by atoms with Gasteiger partial charge in [-0.15, -0.1) is 0 Å². The minimum Gasteiger partial charge on any atom is -0.257 e. The first kappa shape index (κ1) is 19.9. The minimum absolute atomic E-state index is 0.867. The molecule has 0 saturated carbocycles. The van der Waals surface area contributed by atoms with Crippen LogP contribution in [0.4, 0.5) is 0 Å². The van der Waals surface area contributed by atoms with Gasteiger partial charge in [0.25, 0.3) is 5.82 Å². The maximum absolute atomic E-state index is 4.90. The summed E-state index contributed by atoms with van der Waals surface area (Å²) >= 11 is 0. The van der Waals surface area contributed by atoms with Gasteiger partial charge in [-0.1, -0.05) is 42.5 Å². The van der Waals surface area contributed by atoms with Crippen LogP contribution in [0.2, 0.25) is 0 Å². The number of fused-ring (bicyclic) bond motifs is 5. The Hall–Kier alpha value is -3.72. The summed E-state index contributed by atoms with van der Waals surface area (Å²) in [6.45, 7) is 8.72. The highest BCUT2D eigenvalue weighted by atomic mass is 15.2. The van der Waals surface area contributed by atoms with Gasteiger partial charge < -0.3 is 0 Å². The van der Waals surface area contributed by atoms with Crippen molar-refractivity contribution in [2.24, 2.45) is 7.05 Å². The van der Waals surface area contributed by atoms with Gasteiger partial charge >= 0.3 is 0 Å². The summed E-state index contributed by atoms with van der Waals surface area (Å²) in [5.41, 5.74) is 15.1. The van der Waals surface area contributed by atoms with Crippen LogP contribution < -0.4 is 4.57 Å². The molecular weight excluding hydrogens is 402 g/mol. The second kappa shape index (κ2) is 7.14. The molecule has 3 heteroatoms. The van der Waals surface area contributed by atoms with Gasteiger partial charge in [-0.2, -0.15) is 4.57 Å². The van der Waals surface area contributed by atoms with Gasteiger partial charge in [-0.3, -0.25) is 4.98 Å². The molecule has 0 bridgehead atoms. The van der Waals surface area contributed by atoms with Gasteiger partial charge in [0, 0.05) is 23.2 Å². The smallest absolute Gasteiger partial charge is 0.257 e. The molecule has 0 radical (unpaired) electrons. The Morgan fingerprint density at radius 1 is 0.727 bits per heavy atom. The van der Waals surface area contributed by atoms with Crippen molar-refractivity contribution in [3.8, 4) is 28.2 Å². The Morgan fingerprint density at radius 3 is 2.18 bits per heavy atom. The van der Waals surface area contributed by atoms with Crippen LogP contribution in [-0.2, 0) is 13.5 Å². The van der Waals surface area contributed by atoms with E-state index in [1.54, 1.807) is 0 Å². The fourth-order valence-electron chi connectivity index (χ4n) is 5.60. The van der Waals surface area contributed by atoms with Gasteiger partial charge in [-0.05, 0) is 74.2 Å². The van der Waals surface area contributed by atoms with Crippen LogP contribution in [-0.4, -0.2) is 9.55 Å². The molecule has 0 fully saturated rings. The predicted octanol–water partition coefficient (Wildman–Crippen LogP) is 6.32. The maximum Gasteiger partial charge on any atom is 0.295 e. The molecule has 6 rings (SSSR count). The molecule has 0 spiro atoms. The number of pyridine rings is 1. The predicted molar refractivity (Wildman–Crippen MR) is 135 cm³/mol. The number of benzene rings is 3. The summed E-state index contributed by atoms with van der Waals surface area (Å²) in [5, 5.41) is 0. The summed E-state index contributed by atoms with van der Waals surface area (Å²) in [7, 11) is 2.20. The van der Waals surface area contributed by atoms with E-state index in [9.17, 15) is 0 Å². The topological polar surface area (TPSA) is 21.7 Å². The van der Waals surface area contributed by atoms with Crippen molar-refractivity contribution in [3.63, 3.8) is 0 Å². The van der Waals surface area contributed by atoms with Gasteiger partial charge in [0.1, 0.15) is 5.69 Å². The second-order valence-electron chi connectivity index (χ2n) is 9.36. The molecule has 0 amide bonds. The monoisotopic (exact) mass is 430 g/mol. The Morgan fingerprint density at radius 2 is 1.42 bits per heavy atom. The van der Waals surface area contributed by atoms with Crippen LogP contribution in [0.15, 0.2) is 66.7 Å². The Labute approximate surface area is 195 Å². The third kappa shape index (κ3) is 2.82. The molecule has 0 unspecified atom stereocenters. The molecule has 0 saturated heterocycles. The van der Waals surface area contributed by atoms with E-state index < -0.39 is 0 Å². The number of hydrogen-bond acceptors (Lipinski definition) is 1. The molecule has 0 atom stereocenters. The molecule has 162 valence electrons. The lowest BCUT2D eigenvalue weighted by Gasteiger charge is -2.11. The van der Waals surface area contributed by atoms with Gasteiger partial charge in [0.05, 0.1) is 18.3 Å². The van der Waals surface area contributed by atoms with Crippen LogP contribution in [0.1, 0.15) is 33.6 Å². The number of hydrogen-bond donors (Lipinski definition) is 0. The van der Waals surface area contributed by atoms with Gasteiger partial charge in [-0.25, -0.2) is 4.57 Å². The fourth-order valence-corrected chi connectivity index (χ4v) is 5.60. The standard InChI is InChI=1S/C30H28N3/c1-18-9-6-7-12-22(18)30-32(5)27-16-15-23-24-14-13-21(4)31-26(24)17-25(23)29(27)33(30)28-19(2)10-8-11-20(28)3/h6-16H,17H2,1-5H3/q+1. The molecular formula is C30H28N3+. The summed E-state index contributed by atoms with van der Waals surface area (Å²) in [6, 6.07) is 24.2. The number of rotatable bonds is 2. The number of para-hydroxylation sites is 1. The van der Waals surface area contributed by atoms with Crippen molar-refractivity contribution < 1.29 is 4.57 Å². The Balaban J connectivity index is 1.79. The van der Waals surface area contributed by atoms with Crippen molar-refractivity contribution >= 4 is 11.0 Å². The minimum atomic E-state index is 0.867. The highest BCUT2D eigenvalue weighted by Crippen LogP contribution is 2.40. The lowest BCUT2D eigenvalue weighted by Crippen LogP contribution is -2.35. The van der Waals surface area contributed by atoms with Crippen LogP contribution >= 0.6 is 0 Å². The van der Waals surface area contributed by atoms with Crippen LogP contribution in [0.25, 0.3) is 39.2 Å². The third-order valence-corrected chi connectivity index (χ3v) is 7.17. The highest BCUT2D eigenvalue weighted by molar-refractivity contribution is 5.91. The van der Waals surface area contributed by atoms with E-state index in [2.05, 4.69) is 111 Å². The van der Waals surface area contributed by atoms with Crippen LogP contribution in [0.5, 0.6) is 0 Å². The van der Waals surface area contributed by atoms with E-state index in [4.69, 9.17) is 4.98 Å². The zero-order chi connectivity index (χ0) is 22.9. The zero-order valence-corrected chi connectivity index (χ0v) is 19.9. The third-order valence-electron chi connectivity index (χ3n) is 7.17. The molecule has 2 aromatic heterocycles. The molecule has 1 aliphatic carbocycles. The largest absolute Gasteiger partial charge is 0.295 e. The van der Waals surface area contributed by atoms with Crippen molar-refractivity contribution in [3.05, 3.63) is 100 Å². The summed E-state index contributed by atoms with van der Waals surface area (Å²) in [6.07, 6.45) is 0.867. The van der Waals surface area contributed by atoms with Crippen molar-refractivity contribution in [2.45, 2.75) is 34.1 Å². The van der Waals surface area contributed by atoms with E-state index in [1.807, 2.05) is 0 Å². The quantitative estimate of drug-likeness (QED) is 0.295. The molecule has 3 aromatic carbocycles. The molecule has 3 nitrogen and oxygen atoms in total. The average molecular weight is 431 g/mol. The lowest BCUT2D eigenvalue weighted by atomic mass is 10.0. The Kier molecular flexibility index (Phi) is 4.31. The molecule has 0 aliphatic heterocycles. The molecule has 0 N–H and O–H groups in total. The number of aryl methyl sites for hydroxylation is 5. The number of nitrogens with zero attached hydrogens (tertiary/aromatic N) is 3. The second-order valence-corrected chi connectivity index (χ2v) is 9.36. The number of aromatic nitrogens is 3.